The molecule has 0 bridgehead atoms. The Kier molecular flexibility index (Phi) is 3.37. The highest BCUT2D eigenvalue weighted by Crippen LogP contribution is 2.17. The number of aromatic nitrogens is 2. The summed E-state index contributed by atoms with van der Waals surface area (Å²) < 4.78 is 19.5. The molecule has 0 radical (unpaired) electrons. The number of nitrogen functional groups attached to an aromatic ring is 1. The highest BCUT2D eigenvalue weighted by atomic mass is 19.1. The molecule has 6 nitrogen and oxygen atoms in total. The van der Waals surface area contributed by atoms with Crippen LogP contribution in [0.15, 0.2) is 34.0 Å². The number of H-pyrrole nitrogens is 1. The molecule has 0 amide bonds. The SMILES string of the molecule is COc1ccc(Cn2cc(N)c(=O)[nH]c2=O)cc1F. The van der Waals surface area contributed by atoms with E-state index in [9.17, 15) is 14.0 Å². The van der Waals surface area contributed by atoms with Gasteiger partial charge in [0.1, 0.15) is 5.69 Å². The van der Waals surface area contributed by atoms with Crippen molar-refractivity contribution >= 4 is 5.69 Å². The molecule has 0 saturated heterocycles. The van der Waals surface area contributed by atoms with Crippen LogP contribution >= 0.6 is 0 Å². The summed E-state index contributed by atoms with van der Waals surface area (Å²) >= 11 is 0. The van der Waals surface area contributed by atoms with Gasteiger partial charge < -0.3 is 10.5 Å². The van der Waals surface area contributed by atoms with E-state index in [0.29, 0.717) is 5.56 Å². The normalized spacial score (nSPS) is 10.4. The number of nitrogens with one attached hydrogen (secondary N) is 1. The molecule has 0 aliphatic heterocycles. The lowest BCUT2D eigenvalue weighted by atomic mass is 10.2. The molecule has 0 unspecified atom stereocenters. The van der Waals surface area contributed by atoms with Gasteiger partial charge in [-0.15, -0.1) is 0 Å². The molecule has 0 atom stereocenters. The van der Waals surface area contributed by atoms with E-state index in [4.69, 9.17) is 10.5 Å². The Morgan fingerprint density at radius 2 is 2.16 bits per heavy atom. The standard InChI is InChI=1S/C12H12FN3O3/c1-19-10-3-2-7(4-8(10)13)5-16-6-9(14)11(17)15-12(16)18/h2-4,6H,5,14H2,1H3,(H,15,17,18). The number of aromatic amines is 1. The lowest BCUT2D eigenvalue weighted by molar-refractivity contribution is 0.386. The van der Waals surface area contributed by atoms with E-state index in [1.165, 1.54) is 30.0 Å². The molecule has 100 valence electrons. The molecule has 2 rings (SSSR count). The van der Waals surface area contributed by atoms with Crippen LogP contribution in [-0.2, 0) is 6.54 Å². The van der Waals surface area contributed by atoms with Gasteiger partial charge in [-0.1, -0.05) is 6.07 Å². The Bertz CT molecular complexity index is 721. The molecule has 1 heterocycles. The minimum Gasteiger partial charge on any atom is -0.494 e. The molecule has 0 fully saturated rings. The van der Waals surface area contributed by atoms with Crippen molar-refractivity contribution in [1.82, 2.24) is 9.55 Å². The fourth-order valence-electron chi connectivity index (χ4n) is 1.65. The summed E-state index contributed by atoms with van der Waals surface area (Å²) in [6.45, 7) is 0.0979. The Balaban J connectivity index is 2.36. The van der Waals surface area contributed by atoms with Crippen molar-refractivity contribution in [2.24, 2.45) is 0 Å². The van der Waals surface area contributed by atoms with Crippen molar-refractivity contribution in [3.05, 3.63) is 56.6 Å². The van der Waals surface area contributed by atoms with Crippen molar-refractivity contribution in [2.75, 3.05) is 12.8 Å². The minimum absolute atomic E-state index is 0.0754. The maximum Gasteiger partial charge on any atom is 0.328 e. The monoisotopic (exact) mass is 265 g/mol. The van der Waals surface area contributed by atoms with Gasteiger partial charge in [0.25, 0.3) is 5.56 Å². The Morgan fingerprint density at radius 3 is 2.79 bits per heavy atom. The van der Waals surface area contributed by atoms with Crippen molar-refractivity contribution in [2.45, 2.75) is 6.54 Å². The van der Waals surface area contributed by atoms with Gasteiger partial charge >= 0.3 is 5.69 Å². The Labute approximate surface area is 107 Å². The van der Waals surface area contributed by atoms with Crippen molar-refractivity contribution in [3.8, 4) is 5.75 Å². The van der Waals surface area contributed by atoms with Crippen LogP contribution in [0.2, 0.25) is 0 Å². The number of hydrogen-bond donors (Lipinski definition) is 2. The van der Waals surface area contributed by atoms with Gasteiger partial charge in [0.15, 0.2) is 11.6 Å². The van der Waals surface area contributed by atoms with Crippen LogP contribution in [0.1, 0.15) is 5.56 Å². The summed E-state index contributed by atoms with van der Waals surface area (Å²) in [4.78, 5) is 24.7. The third kappa shape index (κ3) is 2.65. The number of methoxy groups -OCH3 is 1. The van der Waals surface area contributed by atoms with Crippen molar-refractivity contribution in [1.29, 1.82) is 0 Å². The molecule has 0 aliphatic carbocycles. The van der Waals surface area contributed by atoms with Crippen molar-refractivity contribution < 1.29 is 9.13 Å². The average Bonchev–Trinajstić information content (AvgIpc) is 2.36. The van der Waals surface area contributed by atoms with Crippen molar-refractivity contribution in [3.63, 3.8) is 0 Å². The quantitative estimate of drug-likeness (QED) is 0.836. The molecule has 3 N–H and O–H groups in total. The number of benzene rings is 1. The number of hydrogen-bond acceptors (Lipinski definition) is 4. The van der Waals surface area contributed by atoms with Gasteiger partial charge in [0.05, 0.1) is 13.7 Å². The zero-order valence-electron chi connectivity index (χ0n) is 10.1. The van der Waals surface area contributed by atoms with E-state index in [2.05, 4.69) is 4.98 Å². The molecule has 2 aromatic rings. The maximum atomic E-state index is 13.5. The second kappa shape index (κ2) is 4.97. The molecular formula is C12H12FN3O3. The fourth-order valence-corrected chi connectivity index (χ4v) is 1.65. The highest BCUT2D eigenvalue weighted by molar-refractivity contribution is 5.32. The van der Waals surface area contributed by atoms with Gasteiger partial charge in [-0.25, -0.2) is 9.18 Å². The third-order valence-electron chi connectivity index (χ3n) is 2.61. The highest BCUT2D eigenvalue weighted by Gasteiger charge is 2.06. The largest absolute Gasteiger partial charge is 0.494 e. The smallest absolute Gasteiger partial charge is 0.328 e. The number of anilines is 1. The van der Waals surface area contributed by atoms with E-state index in [-0.39, 0.29) is 18.0 Å². The lowest BCUT2D eigenvalue weighted by Gasteiger charge is -2.07. The van der Waals surface area contributed by atoms with E-state index >= 15 is 0 Å². The Morgan fingerprint density at radius 1 is 1.42 bits per heavy atom. The summed E-state index contributed by atoms with van der Waals surface area (Å²) in [5.41, 5.74) is 4.66. The summed E-state index contributed by atoms with van der Waals surface area (Å²) in [5, 5.41) is 0. The molecule has 0 spiro atoms. The van der Waals surface area contributed by atoms with Crippen LogP contribution in [0, 0.1) is 5.82 Å². The number of rotatable bonds is 3. The van der Waals surface area contributed by atoms with E-state index < -0.39 is 17.1 Å². The minimum atomic E-state index is -0.637. The first-order valence-corrected chi connectivity index (χ1v) is 5.43. The number of halogens is 1. The molecule has 19 heavy (non-hydrogen) atoms. The van der Waals surface area contributed by atoms with E-state index in [1.807, 2.05) is 0 Å². The molecule has 0 saturated carbocycles. The van der Waals surface area contributed by atoms with Crippen LogP contribution in [0.5, 0.6) is 5.75 Å². The van der Waals surface area contributed by atoms with E-state index in [0.717, 1.165) is 0 Å². The zero-order valence-corrected chi connectivity index (χ0v) is 10.1. The first-order chi connectivity index (χ1) is 9.01. The van der Waals surface area contributed by atoms with Crippen LogP contribution in [0.4, 0.5) is 10.1 Å². The second-order valence-corrected chi connectivity index (χ2v) is 3.94. The third-order valence-corrected chi connectivity index (χ3v) is 2.61. The molecule has 1 aromatic heterocycles. The number of nitrogens with two attached hydrogens (primary N) is 1. The van der Waals surface area contributed by atoms with Crippen LogP contribution in [-0.4, -0.2) is 16.7 Å². The van der Waals surface area contributed by atoms with Gasteiger partial charge in [-0.05, 0) is 17.7 Å². The fraction of sp³-hybridized carbons (Fsp3) is 0.167. The number of nitrogens with zero attached hydrogens (tertiary/aromatic N) is 1. The van der Waals surface area contributed by atoms with Crippen LogP contribution < -0.4 is 21.7 Å². The van der Waals surface area contributed by atoms with Crippen LogP contribution in [0.3, 0.4) is 0 Å². The summed E-state index contributed by atoms with van der Waals surface area (Å²) in [6, 6.07) is 4.34. The van der Waals surface area contributed by atoms with Gasteiger partial charge in [0, 0.05) is 6.20 Å². The summed E-state index contributed by atoms with van der Waals surface area (Å²) in [7, 11) is 1.37. The first-order valence-electron chi connectivity index (χ1n) is 5.43. The molecular weight excluding hydrogens is 253 g/mol. The molecule has 1 aromatic carbocycles. The van der Waals surface area contributed by atoms with Gasteiger partial charge in [-0.2, -0.15) is 0 Å². The summed E-state index contributed by atoms with van der Waals surface area (Å²) in [5.74, 6) is -0.400. The second-order valence-electron chi connectivity index (χ2n) is 3.94. The number of ether oxygens (including phenoxy) is 1. The topological polar surface area (TPSA) is 90.1 Å². The predicted molar refractivity (Wildman–Crippen MR) is 67.8 cm³/mol. The average molecular weight is 265 g/mol. The van der Waals surface area contributed by atoms with E-state index in [1.54, 1.807) is 6.07 Å². The lowest BCUT2D eigenvalue weighted by Crippen LogP contribution is -2.31. The van der Waals surface area contributed by atoms with Gasteiger partial charge in [0.2, 0.25) is 0 Å². The molecule has 0 aliphatic rings. The van der Waals surface area contributed by atoms with Gasteiger partial charge in [-0.3, -0.25) is 14.3 Å². The predicted octanol–water partition coefficient (Wildman–Crippen LogP) is 0.315. The first kappa shape index (κ1) is 12.9. The zero-order chi connectivity index (χ0) is 14.0. The Hall–Kier alpha value is -2.57. The summed E-state index contributed by atoms with van der Waals surface area (Å²) in [6.07, 6.45) is 1.23. The maximum absolute atomic E-state index is 13.5. The van der Waals surface area contributed by atoms with Crippen LogP contribution in [0.25, 0.3) is 0 Å². The molecule has 7 heteroatoms.